The summed E-state index contributed by atoms with van der Waals surface area (Å²) in [7, 11) is 0. The van der Waals surface area contributed by atoms with E-state index in [0.717, 1.165) is 5.56 Å². The van der Waals surface area contributed by atoms with Crippen LogP contribution in [0.3, 0.4) is 0 Å². The molecule has 1 aromatic rings. The molecule has 20 heavy (non-hydrogen) atoms. The Morgan fingerprint density at radius 2 is 1.30 bits per heavy atom. The number of terminal acetylenes is 3. The van der Waals surface area contributed by atoms with E-state index in [4.69, 9.17) is 33.5 Å². The molecule has 1 rings (SSSR count). The number of benzene rings is 1. The van der Waals surface area contributed by atoms with Crippen molar-refractivity contribution >= 4 is 6.08 Å². The normalized spacial score (nSPS) is 8.65. The van der Waals surface area contributed by atoms with Crippen LogP contribution in [-0.4, -0.2) is 19.8 Å². The third kappa shape index (κ3) is 4.05. The zero-order valence-electron chi connectivity index (χ0n) is 11.0. The van der Waals surface area contributed by atoms with E-state index in [-0.39, 0.29) is 19.8 Å². The smallest absolute Gasteiger partial charge is 0.166 e. The number of rotatable bonds is 7. The molecule has 0 aliphatic carbocycles. The average molecular weight is 266 g/mol. The maximum Gasteiger partial charge on any atom is 0.166 e. The average Bonchev–Trinajstić information content (AvgIpc) is 2.48. The van der Waals surface area contributed by atoms with Crippen molar-refractivity contribution in [1.82, 2.24) is 0 Å². The van der Waals surface area contributed by atoms with Crippen molar-refractivity contribution in [3.05, 3.63) is 24.3 Å². The van der Waals surface area contributed by atoms with E-state index in [1.54, 1.807) is 18.2 Å². The minimum atomic E-state index is 0.106. The summed E-state index contributed by atoms with van der Waals surface area (Å²) in [4.78, 5) is 0. The van der Waals surface area contributed by atoms with Crippen LogP contribution in [0.1, 0.15) is 5.56 Å². The molecule has 0 fully saturated rings. The van der Waals surface area contributed by atoms with Crippen LogP contribution in [0, 0.1) is 37.0 Å². The second-order valence-electron chi connectivity index (χ2n) is 3.52. The van der Waals surface area contributed by atoms with Gasteiger partial charge in [0.25, 0.3) is 0 Å². The zero-order valence-corrected chi connectivity index (χ0v) is 11.0. The topological polar surface area (TPSA) is 27.7 Å². The van der Waals surface area contributed by atoms with Crippen molar-refractivity contribution in [2.24, 2.45) is 0 Å². The van der Waals surface area contributed by atoms with Gasteiger partial charge in [-0.3, -0.25) is 0 Å². The molecule has 0 aromatic heterocycles. The van der Waals surface area contributed by atoms with Crippen LogP contribution in [0.5, 0.6) is 17.2 Å². The molecular formula is C17H14O3. The molecule has 0 amide bonds. The predicted molar refractivity (Wildman–Crippen MR) is 79.5 cm³/mol. The van der Waals surface area contributed by atoms with E-state index in [2.05, 4.69) is 24.3 Å². The molecule has 0 unspecified atom stereocenters. The molecule has 100 valence electrons. The third-order valence-electron chi connectivity index (χ3n) is 2.23. The van der Waals surface area contributed by atoms with Crippen molar-refractivity contribution in [3.63, 3.8) is 0 Å². The maximum atomic E-state index is 5.42. The maximum absolute atomic E-state index is 5.42. The Kier molecular flexibility index (Phi) is 6.19. The van der Waals surface area contributed by atoms with Gasteiger partial charge in [0.05, 0.1) is 0 Å². The fourth-order valence-corrected chi connectivity index (χ4v) is 1.43. The summed E-state index contributed by atoms with van der Waals surface area (Å²) in [6.45, 7) is 4.08. The van der Waals surface area contributed by atoms with Gasteiger partial charge in [-0.25, -0.2) is 0 Å². The zero-order chi connectivity index (χ0) is 14.8. The molecule has 0 spiro atoms. The summed E-state index contributed by atoms with van der Waals surface area (Å²) in [5.41, 5.74) is 0.723. The second-order valence-corrected chi connectivity index (χ2v) is 3.52. The summed E-state index contributed by atoms with van der Waals surface area (Å²) >= 11 is 0. The van der Waals surface area contributed by atoms with Gasteiger partial charge in [-0.1, -0.05) is 30.4 Å². The Bertz CT molecular complexity index is 594. The van der Waals surface area contributed by atoms with Gasteiger partial charge >= 0.3 is 0 Å². The molecule has 0 aliphatic heterocycles. The summed E-state index contributed by atoms with van der Waals surface area (Å²) in [5, 5.41) is 0. The molecule has 0 bridgehead atoms. The first-order valence-corrected chi connectivity index (χ1v) is 5.76. The lowest BCUT2D eigenvalue weighted by Crippen LogP contribution is -2.02. The van der Waals surface area contributed by atoms with Crippen LogP contribution in [0.4, 0.5) is 0 Å². The summed E-state index contributed by atoms with van der Waals surface area (Å²) in [6, 6.07) is 3.36. The lowest BCUT2D eigenvalue weighted by molar-refractivity contribution is 0.309. The lowest BCUT2D eigenvalue weighted by Gasteiger charge is -2.14. The van der Waals surface area contributed by atoms with Crippen molar-refractivity contribution in [2.75, 3.05) is 19.8 Å². The van der Waals surface area contributed by atoms with Crippen molar-refractivity contribution < 1.29 is 14.2 Å². The van der Waals surface area contributed by atoms with Gasteiger partial charge in [0, 0.05) is 11.6 Å². The van der Waals surface area contributed by atoms with Crippen LogP contribution in [-0.2, 0) is 0 Å². The highest BCUT2D eigenvalue weighted by atomic mass is 16.5. The third-order valence-corrected chi connectivity index (χ3v) is 2.23. The van der Waals surface area contributed by atoms with E-state index >= 15 is 0 Å². The fourth-order valence-electron chi connectivity index (χ4n) is 1.43. The standard InChI is InChI=1S/C17H14O3/c1-5-9-18-15-13-17(20-11-7-3)16(19-10-6-2)12-14(15)8-4/h1-3,8,12-13H,4,9-11H2. The van der Waals surface area contributed by atoms with Crippen LogP contribution >= 0.6 is 0 Å². The SMILES string of the molecule is C#CCOc1cc(OCC#C)c(OCC#C)cc1C=C. The molecule has 3 nitrogen and oxygen atoms in total. The van der Waals surface area contributed by atoms with Gasteiger partial charge in [-0.05, 0) is 6.07 Å². The highest BCUT2D eigenvalue weighted by molar-refractivity contribution is 5.62. The first kappa shape index (κ1) is 15.1. The van der Waals surface area contributed by atoms with Crippen LogP contribution in [0.15, 0.2) is 18.7 Å². The molecule has 0 N–H and O–H groups in total. The molecule has 0 atom stereocenters. The van der Waals surface area contributed by atoms with Crippen molar-refractivity contribution in [3.8, 4) is 54.3 Å². The molecule has 0 radical (unpaired) electrons. The van der Waals surface area contributed by atoms with Crippen LogP contribution < -0.4 is 14.2 Å². The number of ether oxygens (including phenoxy) is 3. The fraction of sp³-hybridized carbons (Fsp3) is 0.176. The van der Waals surface area contributed by atoms with Gasteiger partial charge in [-0.15, -0.1) is 19.3 Å². The van der Waals surface area contributed by atoms with Gasteiger partial charge in [0.15, 0.2) is 11.5 Å². The van der Waals surface area contributed by atoms with Crippen LogP contribution in [0.2, 0.25) is 0 Å². The van der Waals surface area contributed by atoms with Gasteiger partial charge in [-0.2, -0.15) is 0 Å². The van der Waals surface area contributed by atoms with Crippen LogP contribution in [0.25, 0.3) is 6.08 Å². The molecule has 0 aliphatic rings. The monoisotopic (exact) mass is 266 g/mol. The second kappa shape index (κ2) is 8.20. The highest BCUT2D eigenvalue weighted by Crippen LogP contribution is 2.35. The summed E-state index contributed by atoms with van der Waals surface area (Å²) < 4.78 is 16.2. The molecule has 1 aromatic carbocycles. The molecule has 0 saturated carbocycles. The summed E-state index contributed by atoms with van der Waals surface area (Å²) in [5.74, 6) is 8.61. The molecular weight excluding hydrogens is 252 g/mol. The first-order chi connectivity index (χ1) is 9.76. The summed E-state index contributed by atoms with van der Waals surface area (Å²) in [6.07, 6.45) is 17.2. The Labute approximate surface area is 119 Å². The van der Waals surface area contributed by atoms with Gasteiger partial charge in [0.2, 0.25) is 0 Å². The van der Waals surface area contributed by atoms with E-state index in [9.17, 15) is 0 Å². The highest BCUT2D eigenvalue weighted by Gasteiger charge is 2.11. The van der Waals surface area contributed by atoms with E-state index in [0.29, 0.717) is 17.2 Å². The minimum absolute atomic E-state index is 0.106. The van der Waals surface area contributed by atoms with E-state index in [1.165, 1.54) is 0 Å². The molecule has 3 heteroatoms. The Balaban J connectivity index is 3.15. The quantitative estimate of drug-likeness (QED) is 0.709. The van der Waals surface area contributed by atoms with Gasteiger partial charge < -0.3 is 14.2 Å². The first-order valence-electron chi connectivity index (χ1n) is 5.76. The van der Waals surface area contributed by atoms with Crippen molar-refractivity contribution in [1.29, 1.82) is 0 Å². The Morgan fingerprint density at radius 1 is 0.850 bits per heavy atom. The van der Waals surface area contributed by atoms with E-state index < -0.39 is 0 Å². The largest absolute Gasteiger partial charge is 0.480 e. The Hall–Kier alpha value is -2.96. The predicted octanol–water partition coefficient (Wildman–Crippen LogP) is 2.37. The lowest BCUT2D eigenvalue weighted by atomic mass is 10.1. The van der Waals surface area contributed by atoms with Gasteiger partial charge in [0.1, 0.15) is 25.6 Å². The Morgan fingerprint density at radius 3 is 1.75 bits per heavy atom. The van der Waals surface area contributed by atoms with E-state index in [1.807, 2.05) is 0 Å². The van der Waals surface area contributed by atoms with Crippen molar-refractivity contribution in [2.45, 2.75) is 0 Å². The number of hydrogen-bond acceptors (Lipinski definition) is 3. The molecule has 0 saturated heterocycles. The number of hydrogen-bond donors (Lipinski definition) is 0. The molecule has 0 heterocycles. The minimum Gasteiger partial charge on any atom is -0.480 e.